The summed E-state index contributed by atoms with van der Waals surface area (Å²) in [5, 5.41) is 9.18. The summed E-state index contributed by atoms with van der Waals surface area (Å²) in [6.07, 6.45) is 2.67. The minimum atomic E-state index is -0.954. The zero-order valence-corrected chi connectivity index (χ0v) is 12.5. The van der Waals surface area contributed by atoms with Gasteiger partial charge in [0.1, 0.15) is 0 Å². The van der Waals surface area contributed by atoms with Crippen molar-refractivity contribution in [3.05, 3.63) is 35.4 Å². The fourth-order valence-corrected chi connectivity index (χ4v) is 2.81. The van der Waals surface area contributed by atoms with Crippen molar-refractivity contribution in [3.8, 4) is 0 Å². The first-order valence-electron chi connectivity index (χ1n) is 7.38. The van der Waals surface area contributed by atoms with Crippen LogP contribution in [-0.2, 0) is 9.59 Å². The van der Waals surface area contributed by atoms with Gasteiger partial charge in [0, 0.05) is 5.56 Å². The Bertz CT molecular complexity index is 585. The molecule has 0 aromatic heterocycles. The standard InChI is InChI=1S/C16H20N2O4/c1-10-5-4-6-11(9-10)14(19)17-18-15(20)12-7-2-3-8-13(12)16(21)22/h4-6,9,12-13H,2-3,7-8H2,1H3,(H,17,19)(H,18,20)(H,21,22)/t12-,13-/m1/s1. The number of aryl methyl sites for hydroxylation is 1. The fraction of sp³-hybridized carbons (Fsp3) is 0.438. The van der Waals surface area contributed by atoms with Gasteiger partial charge in [0.2, 0.25) is 5.91 Å². The van der Waals surface area contributed by atoms with Crippen molar-refractivity contribution in [2.24, 2.45) is 11.8 Å². The zero-order chi connectivity index (χ0) is 16.1. The quantitative estimate of drug-likeness (QED) is 0.740. The molecule has 0 radical (unpaired) electrons. The SMILES string of the molecule is Cc1cccc(C(=O)NNC(=O)[C@@H]2CCCC[C@H]2C(=O)O)c1. The molecular formula is C16H20N2O4. The number of carbonyl (C=O) groups is 3. The Balaban J connectivity index is 1.94. The van der Waals surface area contributed by atoms with Gasteiger partial charge in [0.15, 0.2) is 0 Å². The van der Waals surface area contributed by atoms with Crippen LogP contribution in [0.15, 0.2) is 24.3 Å². The third kappa shape index (κ3) is 3.84. The average molecular weight is 304 g/mol. The normalized spacial score (nSPS) is 21.0. The van der Waals surface area contributed by atoms with Crippen LogP contribution in [0.4, 0.5) is 0 Å². The highest BCUT2D eigenvalue weighted by Crippen LogP contribution is 2.30. The summed E-state index contributed by atoms with van der Waals surface area (Å²) < 4.78 is 0. The molecule has 6 nitrogen and oxygen atoms in total. The molecule has 0 saturated heterocycles. The lowest BCUT2D eigenvalue weighted by Crippen LogP contribution is -2.47. The summed E-state index contributed by atoms with van der Waals surface area (Å²) in [6.45, 7) is 1.87. The van der Waals surface area contributed by atoms with Crippen molar-refractivity contribution >= 4 is 17.8 Å². The molecule has 1 fully saturated rings. The summed E-state index contributed by atoms with van der Waals surface area (Å²) in [5.41, 5.74) is 6.09. The second-order valence-corrected chi connectivity index (χ2v) is 5.65. The third-order valence-corrected chi connectivity index (χ3v) is 4.00. The van der Waals surface area contributed by atoms with E-state index >= 15 is 0 Å². The summed E-state index contributed by atoms with van der Waals surface area (Å²) in [7, 11) is 0. The van der Waals surface area contributed by atoms with Gasteiger partial charge in [-0.15, -0.1) is 0 Å². The molecule has 0 spiro atoms. The summed E-state index contributed by atoms with van der Waals surface area (Å²) >= 11 is 0. The Morgan fingerprint density at radius 3 is 2.41 bits per heavy atom. The fourth-order valence-electron chi connectivity index (χ4n) is 2.81. The van der Waals surface area contributed by atoms with Crippen LogP contribution < -0.4 is 10.9 Å². The highest BCUT2D eigenvalue weighted by atomic mass is 16.4. The topological polar surface area (TPSA) is 95.5 Å². The first-order valence-corrected chi connectivity index (χ1v) is 7.38. The lowest BCUT2D eigenvalue weighted by atomic mass is 9.79. The van der Waals surface area contributed by atoms with Crippen LogP contribution >= 0.6 is 0 Å². The predicted octanol–water partition coefficient (Wildman–Crippen LogP) is 1.65. The number of carboxylic acids is 1. The molecule has 6 heteroatoms. The Kier molecular flexibility index (Phi) is 5.14. The molecule has 118 valence electrons. The van der Waals surface area contributed by atoms with Gasteiger partial charge in [-0.25, -0.2) is 0 Å². The van der Waals surface area contributed by atoms with Gasteiger partial charge in [0.05, 0.1) is 11.8 Å². The smallest absolute Gasteiger partial charge is 0.307 e. The van der Waals surface area contributed by atoms with E-state index in [1.165, 1.54) is 0 Å². The van der Waals surface area contributed by atoms with E-state index < -0.39 is 29.6 Å². The van der Waals surface area contributed by atoms with Crippen molar-refractivity contribution in [2.45, 2.75) is 32.6 Å². The van der Waals surface area contributed by atoms with E-state index in [-0.39, 0.29) is 0 Å². The van der Waals surface area contributed by atoms with Crippen LogP contribution in [0.2, 0.25) is 0 Å². The van der Waals surface area contributed by atoms with Gasteiger partial charge in [0.25, 0.3) is 5.91 Å². The molecule has 2 atom stereocenters. The van der Waals surface area contributed by atoms with Crippen LogP contribution in [0.5, 0.6) is 0 Å². The molecule has 1 aliphatic rings. The van der Waals surface area contributed by atoms with Gasteiger partial charge in [-0.3, -0.25) is 25.2 Å². The molecular weight excluding hydrogens is 284 g/mol. The maximum atomic E-state index is 12.1. The van der Waals surface area contributed by atoms with Crippen LogP contribution in [0, 0.1) is 18.8 Å². The molecule has 3 N–H and O–H groups in total. The minimum absolute atomic E-state index is 0.417. The van der Waals surface area contributed by atoms with Gasteiger partial charge >= 0.3 is 5.97 Å². The lowest BCUT2D eigenvalue weighted by Gasteiger charge is -2.27. The second kappa shape index (κ2) is 7.06. The van der Waals surface area contributed by atoms with Crippen LogP contribution in [0.25, 0.3) is 0 Å². The lowest BCUT2D eigenvalue weighted by molar-refractivity contribution is -0.149. The maximum Gasteiger partial charge on any atom is 0.307 e. The first kappa shape index (κ1) is 16.0. The molecule has 0 bridgehead atoms. The second-order valence-electron chi connectivity index (χ2n) is 5.65. The van der Waals surface area contributed by atoms with Crippen molar-refractivity contribution in [1.82, 2.24) is 10.9 Å². The van der Waals surface area contributed by atoms with Gasteiger partial charge < -0.3 is 5.11 Å². The number of carboxylic acid groups (broad SMARTS) is 1. The van der Waals surface area contributed by atoms with Crippen molar-refractivity contribution in [2.75, 3.05) is 0 Å². The number of hydrogen-bond acceptors (Lipinski definition) is 3. The van der Waals surface area contributed by atoms with E-state index in [4.69, 9.17) is 0 Å². The molecule has 0 aliphatic heterocycles. The minimum Gasteiger partial charge on any atom is -0.481 e. The van der Waals surface area contributed by atoms with Crippen molar-refractivity contribution in [1.29, 1.82) is 0 Å². The van der Waals surface area contributed by atoms with E-state index in [0.717, 1.165) is 18.4 Å². The number of aliphatic carboxylic acids is 1. The van der Waals surface area contributed by atoms with E-state index in [0.29, 0.717) is 18.4 Å². The number of carbonyl (C=O) groups excluding carboxylic acids is 2. The van der Waals surface area contributed by atoms with Crippen LogP contribution in [0.3, 0.4) is 0 Å². The molecule has 1 aromatic rings. The molecule has 1 aliphatic carbocycles. The van der Waals surface area contributed by atoms with Gasteiger partial charge in [-0.05, 0) is 31.9 Å². The Morgan fingerprint density at radius 2 is 1.77 bits per heavy atom. The molecule has 1 aromatic carbocycles. The van der Waals surface area contributed by atoms with E-state index in [2.05, 4.69) is 10.9 Å². The predicted molar refractivity (Wildman–Crippen MR) is 79.9 cm³/mol. The number of amides is 2. The Labute approximate surface area is 128 Å². The highest BCUT2D eigenvalue weighted by Gasteiger charge is 2.35. The van der Waals surface area contributed by atoms with E-state index in [9.17, 15) is 19.5 Å². The Hall–Kier alpha value is -2.37. The molecule has 0 heterocycles. The molecule has 1 saturated carbocycles. The van der Waals surface area contributed by atoms with E-state index in [1.807, 2.05) is 13.0 Å². The highest BCUT2D eigenvalue weighted by molar-refractivity contribution is 5.96. The molecule has 2 rings (SSSR count). The monoisotopic (exact) mass is 304 g/mol. The average Bonchev–Trinajstić information content (AvgIpc) is 2.52. The first-order chi connectivity index (χ1) is 10.5. The Morgan fingerprint density at radius 1 is 1.09 bits per heavy atom. The largest absolute Gasteiger partial charge is 0.481 e. The molecule has 2 amide bonds. The number of rotatable bonds is 3. The van der Waals surface area contributed by atoms with Crippen molar-refractivity contribution in [3.63, 3.8) is 0 Å². The third-order valence-electron chi connectivity index (χ3n) is 4.00. The van der Waals surface area contributed by atoms with Crippen LogP contribution in [-0.4, -0.2) is 22.9 Å². The van der Waals surface area contributed by atoms with Gasteiger partial charge in [-0.2, -0.15) is 0 Å². The number of nitrogens with one attached hydrogen (secondary N) is 2. The van der Waals surface area contributed by atoms with Crippen molar-refractivity contribution < 1.29 is 19.5 Å². The zero-order valence-electron chi connectivity index (χ0n) is 12.5. The summed E-state index contributed by atoms with van der Waals surface area (Å²) in [5.74, 6) is -3.08. The molecule has 22 heavy (non-hydrogen) atoms. The number of benzene rings is 1. The maximum absolute atomic E-state index is 12.1. The van der Waals surface area contributed by atoms with E-state index in [1.54, 1.807) is 18.2 Å². The van der Waals surface area contributed by atoms with Gasteiger partial charge in [-0.1, -0.05) is 30.5 Å². The summed E-state index contributed by atoms with van der Waals surface area (Å²) in [6, 6.07) is 6.99. The number of hydrogen-bond donors (Lipinski definition) is 3. The van der Waals surface area contributed by atoms with Crippen LogP contribution in [0.1, 0.15) is 41.6 Å². The number of hydrazine groups is 1. The molecule has 0 unspecified atom stereocenters. The summed E-state index contributed by atoms with van der Waals surface area (Å²) in [4.78, 5) is 35.3.